The first-order valence-corrected chi connectivity index (χ1v) is 9.05. The van der Waals surface area contributed by atoms with Gasteiger partial charge in [0.15, 0.2) is 0 Å². The number of carboxylic acid groups (broad SMARTS) is 1. The molecule has 0 aliphatic rings. The van der Waals surface area contributed by atoms with Gasteiger partial charge in [0, 0.05) is 23.4 Å². The van der Waals surface area contributed by atoms with E-state index in [1.807, 2.05) is 31.2 Å². The van der Waals surface area contributed by atoms with Crippen molar-refractivity contribution < 1.29 is 19.0 Å². The van der Waals surface area contributed by atoms with Crippen molar-refractivity contribution in [2.24, 2.45) is 0 Å². The van der Waals surface area contributed by atoms with Crippen molar-refractivity contribution in [1.82, 2.24) is 0 Å². The lowest BCUT2D eigenvalue weighted by molar-refractivity contribution is 0.0697. The van der Waals surface area contributed by atoms with Crippen molar-refractivity contribution in [3.05, 3.63) is 93.8 Å². The number of aromatic carboxylic acids is 1. The molecule has 0 aliphatic carbocycles. The van der Waals surface area contributed by atoms with Gasteiger partial charge in [0.05, 0.1) is 10.6 Å². The molecule has 0 fully saturated rings. The number of para-hydroxylation sites is 1. The number of benzene rings is 3. The number of hydrogen-bond acceptors (Lipinski definition) is 3. The van der Waals surface area contributed by atoms with Crippen molar-refractivity contribution in [3.8, 4) is 5.75 Å². The number of carboxylic acids is 1. The van der Waals surface area contributed by atoms with Gasteiger partial charge in [0.25, 0.3) is 0 Å². The van der Waals surface area contributed by atoms with Gasteiger partial charge in [0.2, 0.25) is 0 Å². The summed E-state index contributed by atoms with van der Waals surface area (Å²) < 4.78 is 19.8. The molecule has 0 bridgehead atoms. The monoisotopic (exact) mass is 399 g/mol. The molecule has 0 saturated heterocycles. The van der Waals surface area contributed by atoms with Crippen LogP contribution in [-0.4, -0.2) is 11.1 Å². The molecule has 0 atom stereocenters. The molecule has 0 heterocycles. The highest BCUT2D eigenvalue weighted by Crippen LogP contribution is 2.25. The normalized spacial score (nSPS) is 10.5. The van der Waals surface area contributed by atoms with Crippen LogP contribution in [0.4, 0.5) is 10.1 Å². The number of halogens is 2. The number of ether oxygens (including phenoxy) is 1. The van der Waals surface area contributed by atoms with Gasteiger partial charge in [0.1, 0.15) is 18.2 Å². The van der Waals surface area contributed by atoms with E-state index in [1.54, 1.807) is 30.3 Å². The van der Waals surface area contributed by atoms with E-state index in [9.17, 15) is 9.18 Å². The zero-order chi connectivity index (χ0) is 20.1. The van der Waals surface area contributed by atoms with Gasteiger partial charge < -0.3 is 15.2 Å². The van der Waals surface area contributed by atoms with E-state index in [4.69, 9.17) is 21.4 Å². The van der Waals surface area contributed by atoms with Gasteiger partial charge in [-0.3, -0.25) is 0 Å². The molecule has 0 spiro atoms. The Morgan fingerprint density at radius 1 is 1.14 bits per heavy atom. The molecule has 4 nitrogen and oxygen atoms in total. The van der Waals surface area contributed by atoms with E-state index >= 15 is 0 Å². The molecular weight excluding hydrogens is 381 g/mol. The van der Waals surface area contributed by atoms with Gasteiger partial charge in [-0.2, -0.15) is 0 Å². The fourth-order valence-electron chi connectivity index (χ4n) is 2.80. The number of nitrogens with one attached hydrogen (secondary N) is 1. The van der Waals surface area contributed by atoms with E-state index in [-0.39, 0.29) is 12.2 Å². The van der Waals surface area contributed by atoms with Crippen molar-refractivity contribution in [3.63, 3.8) is 0 Å². The van der Waals surface area contributed by atoms with Crippen LogP contribution in [0.15, 0.2) is 60.7 Å². The Balaban J connectivity index is 1.71. The third-order valence-corrected chi connectivity index (χ3v) is 4.70. The van der Waals surface area contributed by atoms with Crippen LogP contribution in [0.3, 0.4) is 0 Å². The predicted molar refractivity (Wildman–Crippen MR) is 108 cm³/mol. The summed E-state index contributed by atoms with van der Waals surface area (Å²) >= 11 is 6.06. The second kappa shape index (κ2) is 8.76. The van der Waals surface area contributed by atoms with E-state index in [2.05, 4.69) is 5.32 Å². The average Bonchev–Trinajstić information content (AvgIpc) is 2.67. The smallest absolute Gasteiger partial charge is 0.335 e. The van der Waals surface area contributed by atoms with Crippen LogP contribution in [0.25, 0.3) is 0 Å². The molecule has 2 N–H and O–H groups in total. The summed E-state index contributed by atoms with van der Waals surface area (Å²) in [5, 5.41) is 12.7. The lowest BCUT2D eigenvalue weighted by atomic mass is 10.1. The predicted octanol–water partition coefficient (Wildman–Crippen LogP) is 5.68. The van der Waals surface area contributed by atoms with Crippen LogP contribution in [0, 0.1) is 12.7 Å². The third kappa shape index (κ3) is 4.61. The maximum absolute atomic E-state index is 13.9. The van der Waals surface area contributed by atoms with Crippen LogP contribution in [-0.2, 0) is 13.2 Å². The summed E-state index contributed by atoms with van der Waals surface area (Å²) in [6, 6.07) is 16.9. The molecule has 144 valence electrons. The minimum absolute atomic E-state index is 0.0227. The van der Waals surface area contributed by atoms with Crippen LogP contribution in [0.5, 0.6) is 5.75 Å². The first kappa shape index (κ1) is 19.7. The lowest BCUT2D eigenvalue weighted by Gasteiger charge is -2.15. The second-order valence-corrected chi connectivity index (χ2v) is 6.69. The summed E-state index contributed by atoms with van der Waals surface area (Å²) in [7, 11) is 0. The van der Waals surface area contributed by atoms with Gasteiger partial charge >= 0.3 is 5.97 Å². The minimum atomic E-state index is -0.958. The molecule has 0 unspecified atom stereocenters. The highest BCUT2D eigenvalue weighted by Gasteiger charge is 2.10. The van der Waals surface area contributed by atoms with E-state index in [1.165, 1.54) is 6.07 Å². The molecule has 3 aromatic rings. The Hall–Kier alpha value is -3.05. The summed E-state index contributed by atoms with van der Waals surface area (Å²) in [5.74, 6) is -0.744. The summed E-state index contributed by atoms with van der Waals surface area (Å²) in [5.41, 5.74) is 3.10. The molecule has 0 aliphatic heterocycles. The Morgan fingerprint density at radius 3 is 2.64 bits per heavy atom. The second-order valence-electron chi connectivity index (χ2n) is 6.29. The lowest BCUT2D eigenvalue weighted by Crippen LogP contribution is -2.06. The zero-order valence-electron chi connectivity index (χ0n) is 15.2. The minimum Gasteiger partial charge on any atom is -0.488 e. The standard InChI is InChI=1S/C22H19ClFNO3/c1-14-11-15(22(26)27)9-10-20(14)25-12-16-5-2-3-8-21(16)28-13-17-18(23)6-4-7-19(17)24/h2-11,25H,12-13H2,1H3,(H,26,27). The first-order chi connectivity index (χ1) is 13.5. The maximum Gasteiger partial charge on any atom is 0.335 e. The zero-order valence-corrected chi connectivity index (χ0v) is 16.0. The average molecular weight is 400 g/mol. The van der Waals surface area contributed by atoms with Gasteiger partial charge in [-0.25, -0.2) is 9.18 Å². The topological polar surface area (TPSA) is 58.6 Å². The summed E-state index contributed by atoms with van der Waals surface area (Å²) in [6.07, 6.45) is 0. The fourth-order valence-corrected chi connectivity index (χ4v) is 3.01. The highest BCUT2D eigenvalue weighted by molar-refractivity contribution is 6.31. The molecule has 0 saturated carbocycles. The van der Waals surface area contributed by atoms with E-state index in [0.717, 1.165) is 16.8 Å². The SMILES string of the molecule is Cc1cc(C(=O)O)ccc1NCc1ccccc1OCc1c(F)cccc1Cl. The summed E-state index contributed by atoms with van der Waals surface area (Å²) in [6.45, 7) is 2.33. The Labute approximate surface area is 167 Å². The molecule has 0 radical (unpaired) electrons. The number of hydrogen-bond donors (Lipinski definition) is 2. The first-order valence-electron chi connectivity index (χ1n) is 8.67. The number of anilines is 1. The largest absolute Gasteiger partial charge is 0.488 e. The Morgan fingerprint density at radius 2 is 1.93 bits per heavy atom. The highest BCUT2D eigenvalue weighted by atomic mass is 35.5. The summed E-state index contributed by atoms with van der Waals surface area (Å²) in [4.78, 5) is 11.1. The third-order valence-electron chi connectivity index (χ3n) is 4.35. The number of carbonyl (C=O) groups is 1. The molecule has 6 heteroatoms. The van der Waals surface area contributed by atoms with Crippen LogP contribution >= 0.6 is 11.6 Å². The van der Waals surface area contributed by atoms with E-state index < -0.39 is 11.8 Å². The molecule has 0 aromatic heterocycles. The quantitative estimate of drug-likeness (QED) is 0.536. The fraction of sp³-hybridized carbons (Fsp3) is 0.136. The van der Waals surface area contributed by atoms with Crippen molar-refractivity contribution in [2.75, 3.05) is 5.32 Å². The molecular formula is C22H19ClFNO3. The molecule has 3 aromatic carbocycles. The number of rotatable bonds is 7. The Kier molecular flexibility index (Phi) is 6.16. The van der Waals surface area contributed by atoms with Crippen LogP contribution < -0.4 is 10.1 Å². The number of aryl methyl sites for hydroxylation is 1. The van der Waals surface area contributed by atoms with Crippen LogP contribution in [0.2, 0.25) is 5.02 Å². The van der Waals surface area contributed by atoms with Gasteiger partial charge in [-0.15, -0.1) is 0 Å². The Bertz CT molecular complexity index is 987. The van der Waals surface area contributed by atoms with Crippen molar-refractivity contribution in [2.45, 2.75) is 20.1 Å². The molecule has 0 amide bonds. The molecule has 28 heavy (non-hydrogen) atoms. The van der Waals surface area contributed by atoms with Gasteiger partial charge in [-0.05, 0) is 48.9 Å². The van der Waals surface area contributed by atoms with E-state index in [0.29, 0.717) is 22.9 Å². The van der Waals surface area contributed by atoms with Crippen molar-refractivity contribution >= 4 is 23.3 Å². The van der Waals surface area contributed by atoms with Gasteiger partial charge in [-0.1, -0.05) is 35.9 Å². The van der Waals surface area contributed by atoms with Crippen LogP contribution in [0.1, 0.15) is 27.0 Å². The molecule has 3 rings (SSSR count). The van der Waals surface area contributed by atoms with Crippen molar-refractivity contribution in [1.29, 1.82) is 0 Å². The maximum atomic E-state index is 13.9.